The third-order valence-corrected chi connectivity index (χ3v) is 9.36. The molecule has 4 aliphatic carbocycles. The lowest BCUT2D eigenvalue weighted by molar-refractivity contribution is -0.145. The van der Waals surface area contributed by atoms with Gasteiger partial charge in [0, 0.05) is 30.7 Å². The number of hydrogen-bond donors (Lipinski definition) is 3. The number of hydrogen-bond acceptors (Lipinski definition) is 5. The van der Waals surface area contributed by atoms with Gasteiger partial charge in [-0.1, -0.05) is 19.9 Å². The number of fused-ring (bicyclic) bond motifs is 5. The van der Waals surface area contributed by atoms with E-state index in [2.05, 4.69) is 25.4 Å². The Morgan fingerprint density at radius 3 is 2.69 bits per heavy atom. The number of Topliss-reactive ketones (excluding diaryl/α,β-unsaturated/α-hetero) is 1. The van der Waals surface area contributed by atoms with Gasteiger partial charge in [0.05, 0.1) is 0 Å². The zero-order chi connectivity index (χ0) is 21.0. The van der Waals surface area contributed by atoms with Gasteiger partial charge in [0.15, 0.2) is 0 Å². The monoisotopic (exact) mass is 404 g/mol. The zero-order valence-electron chi connectivity index (χ0n) is 18.7. The molecule has 0 aliphatic heterocycles. The Labute approximate surface area is 175 Å². The maximum absolute atomic E-state index is 12.7. The molecule has 164 valence electrons. The van der Waals surface area contributed by atoms with Crippen molar-refractivity contribution in [3.8, 4) is 0 Å². The first-order chi connectivity index (χ1) is 13.6. The molecule has 4 N–H and O–H groups in total. The highest BCUT2D eigenvalue weighted by molar-refractivity contribution is 5.87. The Morgan fingerprint density at radius 1 is 1.24 bits per heavy atom. The van der Waals surface area contributed by atoms with E-state index < -0.39 is 5.60 Å². The van der Waals surface area contributed by atoms with Crippen LogP contribution in [-0.2, 0) is 9.63 Å². The van der Waals surface area contributed by atoms with Crippen LogP contribution in [0.15, 0.2) is 11.8 Å². The lowest BCUT2D eigenvalue weighted by Crippen LogP contribution is -2.56. The van der Waals surface area contributed by atoms with E-state index >= 15 is 0 Å². The van der Waals surface area contributed by atoms with Crippen LogP contribution in [0.3, 0.4) is 0 Å². The maximum atomic E-state index is 12.7. The number of carbonyl (C=O) groups excluding carboxylic acids is 1. The van der Waals surface area contributed by atoms with E-state index in [-0.39, 0.29) is 17.4 Å². The summed E-state index contributed by atoms with van der Waals surface area (Å²) in [6.45, 7) is 9.36. The molecule has 0 aromatic rings. The first-order valence-electron chi connectivity index (χ1n) is 11.6. The molecule has 3 saturated carbocycles. The lowest BCUT2D eigenvalue weighted by Gasteiger charge is -2.61. The van der Waals surface area contributed by atoms with E-state index in [9.17, 15) is 9.90 Å². The van der Waals surface area contributed by atoms with Crippen LogP contribution in [0.5, 0.6) is 0 Å². The minimum Gasteiger partial charge on any atom is -0.396 e. The van der Waals surface area contributed by atoms with Crippen molar-refractivity contribution in [2.24, 2.45) is 46.2 Å². The average Bonchev–Trinajstić information content (AvgIpc) is 3.00. The summed E-state index contributed by atoms with van der Waals surface area (Å²) in [6, 6.07) is 0. The topological polar surface area (TPSA) is 84.6 Å². The predicted molar refractivity (Wildman–Crippen MR) is 114 cm³/mol. The molecule has 1 unspecified atom stereocenters. The Hall–Kier alpha value is -0.910. The van der Waals surface area contributed by atoms with Crippen molar-refractivity contribution in [1.82, 2.24) is 5.48 Å². The molecule has 29 heavy (non-hydrogen) atoms. The fraction of sp³-hybridized carbons (Fsp3) is 0.875. The standard InChI is InChI=1S/C24H40N2O3/c1-22(2,14-25)29-26-17-7-9-23(3)16(12-17)11-15(13-27)21-18-5-6-20(28)24(18,4)10-8-19(21)23/h12,15-16,18-19,21,26-27H,5-11,13-14,25H2,1-4H3/t15-,16?,18-,19-,21-,23-,24-/m0/s1. The Morgan fingerprint density at radius 2 is 2.00 bits per heavy atom. The third-order valence-electron chi connectivity index (χ3n) is 9.36. The molecule has 5 nitrogen and oxygen atoms in total. The molecular weight excluding hydrogens is 364 g/mol. The van der Waals surface area contributed by atoms with Crippen molar-refractivity contribution in [2.75, 3.05) is 13.2 Å². The van der Waals surface area contributed by atoms with E-state index in [1.165, 1.54) is 0 Å². The zero-order valence-corrected chi connectivity index (χ0v) is 18.7. The molecule has 0 bridgehead atoms. The van der Waals surface area contributed by atoms with Crippen LogP contribution in [0.25, 0.3) is 0 Å². The highest BCUT2D eigenvalue weighted by Gasteiger charge is 2.61. The van der Waals surface area contributed by atoms with Crippen LogP contribution < -0.4 is 11.2 Å². The Kier molecular flexibility index (Phi) is 5.40. The van der Waals surface area contributed by atoms with Gasteiger partial charge in [0.25, 0.3) is 0 Å². The molecule has 0 saturated heterocycles. The van der Waals surface area contributed by atoms with E-state index in [1.807, 2.05) is 13.8 Å². The summed E-state index contributed by atoms with van der Waals surface area (Å²) in [5, 5.41) is 10.3. The quantitative estimate of drug-likeness (QED) is 0.610. The van der Waals surface area contributed by atoms with Crippen molar-refractivity contribution < 1.29 is 14.7 Å². The molecule has 7 atom stereocenters. The second kappa shape index (κ2) is 7.35. The summed E-state index contributed by atoms with van der Waals surface area (Å²) in [5.74, 6) is 2.76. The third kappa shape index (κ3) is 3.37. The fourth-order valence-corrected chi connectivity index (χ4v) is 7.31. The molecule has 4 rings (SSSR count). The largest absolute Gasteiger partial charge is 0.396 e. The second-order valence-corrected chi connectivity index (χ2v) is 11.4. The number of rotatable bonds is 5. The molecule has 0 amide bonds. The molecule has 5 heteroatoms. The number of nitrogens with one attached hydrogen (secondary N) is 1. The smallest absolute Gasteiger partial charge is 0.139 e. The molecular formula is C24H40N2O3. The average molecular weight is 405 g/mol. The minimum absolute atomic E-state index is 0.142. The number of ketones is 1. The SMILES string of the molecule is CC(C)(CN)ONC1=CC2C[C@@H](CO)[C@@H]3[C@H](CC[C@]4(C)C(=O)CC[C@@H]34)[C@@]2(C)CC1. The molecule has 4 aliphatic rings. The van der Waals surface area contributed by atoms with E-state index in [1.54, 1.807) is 0 Å². The number of allylic oxidation sites excluding steroid dienone is 2. The van der Waals surface area contributed by atoms with Gasteiger partial charge in [-0.05, 0) is 87.4 Å². The van der Waals surface area contributed by atoms with Crippen LogP contribution in [0.4, 0.5) is 0 Å². The number of carbonyl (C=O) groups is 1. The van der Waals surface area contributed by atoms with Crippen molar-refractivity contribution >= 4 is 5.78 Å². The highest BCUT2D eigenvalue weighted by Crippen LogP contribution is 2.66. The van der Waals surface area contributed by atoms with Crippen LogP contribution in [0, 0.1) is 40.4 Å². The van der Waals surface area contributed by atoms with Gasteiger partial charge in [-0.25, -0.2) is 0 Å². The van der Waals surface area contributed by atoms with Crippen LogP contribution >= 0.6 is 0 Å². The van der Waals surface area contributed by atoms with Crippen LogP contribution in [0.2, 0.25) is 0 Å². The number of nitrogens with two attached hydrogens (primary N) is 1. The molecule has 0 spiro atoms. The second-order valence-electron chi connectivity index (χ2n) is 11.4. The van der Waals surface area contributed by atoms with Crippen molar-refractivity contribution in [2.45, 2.75) is 78.2 Å². The molecule has 0 heterocycles. The minimum atomic E-state index is -0.393. The number of aliphatic hydroxyl groups excluding tert-OH is 1. The molecule has 0 aromatic heterocycles. The number of aliphatic hydroxyl groups is 1. The first kappa shape index (κ1) is 21.3. The number of hydroxylamine groups is 1. The lowest BCUT2D eigenvalue weighted by atomic mass is 9.44. The van der Waals surface area contributed by atoms with Crippen molar-refractivity contribution in [3.05, 3.63) is 11.8 Å². The summed E-state index contributed by atoms with van der Waals surface area (Å²) in [5.41, 5.74) is 9.84. The molecule has 3 fully saturated rings. The van der Waals surface area contributed by atoms with E-state index in [4.69, 9.17) is 10.6 Å². The predicted octanol–water partition coefficient (Wildman–Crippen LogP) is 3.57. The summed E-state index contributed by atoms with van der Waals surface area (Å²) in [4.78, 5) is 18.5. The normalized spacial score (nSPS) is 44.6. The fourth-order valence-electron chi connectivity index (χ4n) is 7.31. The van der Waals surface area contributed by atoms with Crippen LogP contribution in [0.1, 0.15) is 72.6 Å². The van der Waals surface area contributed by atoms with Gasteiger partial charge in [0.2, 0.25) is 0 Å². The van der Waals surface area contributed by atoms with Gasteiger partial charge in [-0.2, -0.15) is 0 Å². The van der Waals surface area contributed by atoms with Gasteiger partial charge in [-0.3, -0.25) is 15.1 Å². The molecule has 0 radical (unpaired) electrons. The Bertz CT molecular complexity index is 690. The Balaban J connectivity index is 1.58. The van der Waals surface area contributed by atoms with Crippen molar-refractivity contribution in [3.63, 3.8) is 0 Å². The summed E-state index contributed by atoms with van der Waals surface area (Å²) >= 11 is 0. The summed E-state index contributed by atoms with van der Waals surface area (Å²) in [7, 11) is 0. The van der Waals surface area contributed by atoms with Gasteiger partial charge in [-0.15, -0.1) is 0 Å². The van der Waals surface area contributed by atoms with Gasteiger partial charge >= 0.3 is 0 Å². The summed E-state index contributed by atoms with van der Waals surface area (Å²) < 4.78 is 0. The molecule has 0 aromatic carbocycles. The highest BCUT2D eigenvalue weighted by atomic mass is 16.7. The maximum Gasteiger partial charge on any atom is 0.139 e. The van der Waals surface area contributed by atoms with Gasteiger partial charge < -0.3 is 10.8 Å². The van der Waals surface area contributed by atoms with E-state index in [0.717, 1.165) is 50.6 Å². The first-order valence-corrected chi connectivity index (χ1v) is 11.6. The van der Waals surface area contributed by atoms with E-state index in [0.29, 0.717) is 41.9 Å². The van der Waals surface area contributed by atoms with Crippen LogP contribution in [-0.4, -0.2) is 29.6 Å². The van der Waals surface area contributed by atoms with Gasteiger partial charge in [0.1, 0.15) is 11.4 Å². The van der Waals surface area contributed by atoms with Crippen molar-refractivity contribution in [1.29, 1.82) is 0 Å². The summed E-state index contributed by atoms with van der Waals surface area (Å²) in [6.07, 6.45) is 9.44.